The second kappa shape index (κ2) is 4.91. The molecule has 0 aromatic rings. The molecule has 2 unspecified atom stereocenters. The van der Waals surface area contributed by atoms with Gasteiger partial charge in [-0.2, -0.15) is 0 Å². The highest BCUT2D eigenvalue weighted by Gasteiger charge is 2.34. The Balaban J connectivity index is 2.56. The Labute approximate surface area is 93.0 Å². The molecule has 1 aliphatic rings. The summed E-state index contributed by atoms with van der Waals surface area (Å²) in [7, 11) is 0. The summed E-state index contributed by atoms with van der Waals surface area (Å²) >= 11 is 3.19. The zero-order valence-corrected chi connectivity index (χ0v) is 10.2. The standard InChI is InChI=1S/C10H16BrNO2/c1-3-4-8-5-9(13)12(6-8)10(14)7(2)11/h7-8H,3-6H2,1-2H3. The van der Waals surface area contributed by atoms with E-state index in [0.29, 0.717) is 18.9 Å². The summed E-state index contributed by atoms with van der Waals surface area (Å²) < 4.78 is 0. The third kappa shape index (κ3) is 2.56. The van der Waals surface area contributed by atoms with Gasteiger partial charge < -0.3 is 0 Å². The highest BCUT2D eigenvalue weighted by Crippen LogP contribution is 2.23. The molecule has 0 aromatic heterocycles. The van der Waals surface area contributed by atoms with Gasteiger partial charge in [0.05, 0.1) is 4.83 Å². The Morgan fingerprint density at radius 3 is 2.86 bits per heavy atom. The van der Waals surface area contributed by atoms with Crippen molar-refractivity contribution in [3.8, 4) is 0 Å². The predicted octanol–water partition coefficient (Wildman–Crippen LogP) is 1.95. The van der Waals surface area contributed by atoms with Gasteiger partial charge in [-0.25, -0.2) is 0 Å². The maximum atomic E-state index is 11.6. The van der Waals surface area contributed by atoms with E-state index in [1.165, 1.54) is 4.90 Å². The van der Waals surface area contributed by atoms with Crippen LogP contribution in [0.5, 0.6) is 0 Å². The number of hydrogen-bond acceptors (Lipinski definition) is 2. The second-order valence-corrected chi connectivity index (χ2v) is 5.19. The molecule has 1 saturated heterocycles. The van der Waals surface area contributed by atoms with Crippen molar-refractivity contribution in [2.75, 3.05) is 6.54 Å². The average molecular weight is 262 g/mol. The van der Waals surface area contributed by atoms with Crippen molar-refractivity contribution < 1.29 is 9.59 Å². The van der Waals surface area contributed by atoms with Gasteiger partial charge in [0.1, 0.15) is 0 Å². The number of carbonyl (C=O) groups excluding carboxylic acids is 2. The van der Waals surface area contributed by atoms with Gasteiger partial charge in [-0.05, 0) is 19.3 Å². The van der Waals surface area contributed by atoms with Gasteiger partial charge in [0.25, 0.3) is 0 Å². The number of rotatable bonds is 3. The van der Waals surface area contributed by atoms with Gasteiger partial charge in [0.15, 0.2) is 0 Å². The van der Waals surface area contributed by atoms with Crippen LogP contribution < -0.4 is 0 Å². The van der Waals surface area contributed by atoms with Crippen LogP contribution in [0.1, 0.15) is 33.1 Å². The lowest BCUT2D eigenvalue weighted by Crippen LogP contribution is -2.36. The first-order valence-corrected chi connectivity index (χ1v) is 5.96. The summed E-state index contributed by atoms with van der Waals surface area (Å²) in [6, 6.07) is 0. The largest absolute Gasteiger partial charge is 0.281 e. The molecule has 0 radical (unpaired) electrons. The molecule has 0 bridgehead atoms. The van der Waals surface area contributed by atoms with Crippen LogP contribution >= 0.6 is 15.9 Å². The summed E-state index contributed by atoms with van der Waals surface area (Å²) in [5.74, 6) is 0.260. The number of nitrogens with zero attached hydrogens (tertiary/aromatic N) is 1. The van der Waals surface area contributed by atoms with Crippen molar-refractivity contribution in [2.45, 2.75) is 37.9 Å². The zero-order chi connectivity index (χ0) is 10.7. The van der Waals surface area contributed by atoms with Crippen LogP contribution in [0.15, 0.2) is 0 Å². The summed E-state index contributed by atoms with van der Waals surface area (Å²) in [4.78, 5) is 24.2. The zero-order valence-electron chi connectivity index (χ0n) is 8.62. The van der Waals surface area contributed by atoms with Gasteiger partial charge in [-0.3, -0.25) is 14.5 Å². The third-order valence-corrected chi connectivity index (χ3v) is 2.90. The number of hydrogen-bond donors (Lipinski definition) is 0. The minimum atomic E-state index is -0.258. The van der Waals surface area contributed by atoms with Crippen molar-refractivity contribution in [3.63, 3.8) is 0 Å². The summed E-state index contributed by atoms with van der Waals surface area (Å²) in [6.07, 6.45) is 2.65. The molecule has 14 heavy (non-hydrogen) atoms. The molecule has 1 rings (SSSR count). The number of amides is 2. The summed E-state index contributed by atoms with van der Waals surface area (Å²) in [6.45, 7) is 4.46. The molecule has 0 aromatic carbocycles. The molecule has 0 spiro atoms. The molecule has 1 aliphatic heterocycles. The molecule has 1 heterocycles. The lowest BCUT2D eigenvalue weighted by atomic mass is 10.0. The van der Waals surface area contributed by atoms with Gasteiger partial charge in [0.2, 0.25) is 11.8 Å². The molecule has 2 atom stereocenters. The number of imide groups is 1. The monoisotopic (exact) mass is 261 g/mol. The fourth-order valence-corrected chi connectivity index (χ4v) is 2.06. The van der Waals surface area contributed by atoms with E-state index in [-0.39, 0.29) is 16.6 Å². The molecular weight excluding hydrogens is 246 g/mol. The maximum absolute atomic E-state index is 11.6. The second-order valence-electron chi connectivity index (χ2n) is 3.82. The number of halogens is 1. The lowest BCUT2D eigenvalue weighted by Gasteiger charge is -2.15. The molecular formula is C10H16BrNO2. The Morgan fingerprint density at radius 2 is 2.36 bits per heavy atom. The topological polar surface area (TPSA) is 37.4 Å². The minimum absolute atomic E-state index is 0.0141. The molecule has 1 fully saturated rings. The van der Waals surface area contributed by atoms with E-state index in [4.69, 9.17) is 0 Å². The first-order chi connectivity index (χ1) is 6.56. The van der Waals surface area contributed by atoms with E-state index < -0.39 is 0 Å². The maximum Gasteiger partial charge on any atom is 0.242 e. The van der Waals surface area contributed by atoms with E-state index in [2.05, 4.69) is 22.9 Å². The smallest absolute Gasteiger partial charge is 0.242 e. The molecule has 3 nitrogen and oxygen atoms in total. The number of alkyl halides is 1. The van der Waals surface area contributed by atoms with Crippen molar-refractivity contribution in [3.05, 3.63) is 0 Å². The quantitative estimate of drug-likeness (QED) is 0.729. The molecule has 4 heteroatoms. The van der Waals surface area contributed by atoms with Crippen molar-refractivity contribution >= 4 is 27.7 Å². The van der Waals surface area contributed by atoms with Crippen LogP contribution in [-0.4, -0.2) is 28.1 Å². The minimum Gasteiger partial charge on any atom is -0.281 e. The van der Waals surface area contributed by atoms with Crippen molar-refractivity contribution in [1.82, 2.24) is 4.90 Å². The summed E-state index contributed by atoms with van der Waals surface area (Å²) in [5.41, 5.74) is 0. The molecule has 0 saturated carbocycles. The van der Waals surface area contributed by atoms with E-state index in [1.54, 1.807) is 6.92 Å². The van der Waals surface area contributed by atoms with Crippen LogP contribution in [0.25, 0.3) is 0 Å². The SMILES string of the molecule is CCCC1CC(=O)N(C(=O)C(C)Br)C1. The van der Waals surface area contributed by atoms with Crippen LogP contribution in [0.3, 0.4) is 0 Å². The van der Waals surface area contributed by atoms with Gasteiger partial charge in [-0.1, -0.05) is 29.3 Å². The van der Waals surface area contributed by atoms with Crippen molar-refractivity contribution in [2.24, 2.45) is 5.92 Å². The molecule has 0 N–H and O–H groups in total. The van der Waals surface area contributed by atoms with Crippen LogP contribution in [0, 0.1) is 5.92 Å². The summed E-state index contributed by atoms with van der Waals surface area (Å²) in [5, 5.41) is 0. The highest BCUT2D eigenvalue weighted by atomic mass is 79.9. The first kappa shape index (κ1) is 11.7. The fraction of sp³-hybridized carbons (Fsp3) is 0.800. The van der Waals surface area contributed by atoms with Gasteiger partial charge in [0, 0.05) is 13.0 Å². The Hall–Kier alpha value is -0.380. The Kier molecular flexibility index (Phi) is 4.11. The average Bonchev–Trinajstić information content (AvgIpc) is 2.46. The van der Waals surface area contributed by atoms with Crippen molar-refractivity contribution in [1.29, 1.82) is 0 Å². The Morgan fingerprint density at radius 1 is 1.71 bits per heavy atom. The first-order valence-electron chi connectivity index (χ1n) is 5.04. The molecule has 80 valence electrons. The Bertz CT molecular complexity index is 240. The third-order valence-electron chi connectivity index (χ3n) is 2.51. The highest BCUT2D eigenvalue weighted by molar-refractivity contribution is 9.10. The molecule has 2 amide bonds. The predicted molar refractivity (Wildman–Crippen MR) is 58.1 cm³/mol. The lowest BCUT2D eigenvalue weighted by molar-refractivity contribution is -0.141. The van der Waals surface area contributed by atoms with E-state index in [0.717, 1.165) is 12.8 Å². The van der Waals surface area contributed by atoms with E-state index >= 15 is 0 Å². The molecule has 0 aliphatic carbocycles. The normalized spacial score (nSPS) is 24.1. The van der Waals surface area contributed by atoms with Crippen LogP contribution in [0.4, 0.5) is 0 Å². The van der Waals surface area contributed by atoms with Gasteiger partial charge >= 0.3 is 0 Å². The van der Waals surface area contributed by atoms with Gasteiger partial charge in [-0.15, -0.1) is 0 Å². The van der Waals surface area contributed by atoms with Crippen LogP contribution in [-0.2, 0) is 9.59 Å². The van der Waals surface area contributed by atoms with E-state index in [1.807, 2.05) is 0 Å². The van der Waals surface area contributed by atoms with E-state index in [9.17, 15) is 9.59 Å². The number of carbonyl (C=O) groups is 2. The number of likely N-dealkylation sites (tertiary alicyclic amines) is 1. The van der Waals surface area contributed by atoms with Crippen LogP contribution in [0.2, 0.25) is 0 Å². The fourth-order valence-electron chi connectivity index (χ4n) is 1.81.